The van der Waals surface area contributed by atoms with Gasteiger partial charge in [0.1, 0.15) is 5.75 Å². The predicted molar refractivity (Wildman–Crippen MR) is 99.9 cm³/mol. The minimum atomic E-state index is -1.02. The third kappa shape index (κ3) is 4.23. The Hall–Kier alpha value is -2.82. The van der Waals surface area contributed by atoms with Crippen LogP contribution in [0.15, 0.2) is 42.5 Å². The van der Waals surface area contributed by atoms with Crippen molar-refractivity contribution >= 4 is 17.6 Å². The SMILES string of the molecule is Cc1cc(C(=O)N(CC2CC2)c2ccccc2)cc(C)c1OCC(=O)O. The number of hydrogen-bond acceptors (Lipinski definition) is 3. The Balaban J connectivity index is 1.88. The fourth-order valence-electron chi connectivity index (χ4n) is 3.06. The number of carbonyl (C=O) groups is 2. The van der Waals surface area contributed by atoms with E-state index in [4.69, 9.17) is 9.84 Å². The van der Waals surface area contributed by atoms with Crippen molar-refractivity contribution in [2.24, 2.45) is 5.92 Å². The summed E-state index contributed by atoms with van der Waals surface area (Å²) in [5.41, 5.74) is 3.00. The summed E-state index contributed by atoms with van der Waals surface area (Å²) in [4.78, 5) is 25.8. The van der Waals surface area contributed by atoms with Gasteiger partial charge in [0.2, 0.25) is 0 Å². The van der Waals surface area contributed by atoms with Gasteiger partial charge < -0.3 is 14.7 Å². The van der Waals surface area contributed by atoms with Crippen molar-refractivity contribution < 1.29 is 19.4 Å². The van der Waals surface area contributed by atoms with Gasteiger partial charge >= 0.3 is 5.97 Å². The lowest BCUT2D eigenvalue weighted by Crippen LogP contribution is -2.33. The molecule has 1 fully saturated rings. The Bertz CT molecular complexity index is 789. The molecule has 1 saturated carbocycles. The number of carbonyl (C=O) groups excluding carboxylic acids is 1. The molecule has 1 N–H and O–H groups in total. The highest BCUT2D eigenvalue weighted by molar-refractivity contribution is 6.06. The van der Waals surface area contributed by atoms with Crippen LogP contribution in [0.4, 0.5) is 5.69 Å². The number of rotatable bonds is 7. The van der Waals surface area contributed by atoms with Crippen molar-refractivity contribution in [3.05, 3.63) is 59.2 Å². The average molecular weight is 353 g/mol. The van der Waals surface area contributed by atoms with Crippen LogP contribution >= 0.6 is 0 Å². The lowest BCUT2D eigenvalue weighted by Gasteiger charge is -2.24. The van der Waals surface area contributed by atoms with Crippen molar-refractivity contribution in [1.29, 1.82) is 0 Å². The fraction of sp³-hybridized carbons (Fsp3) is 0.333. The molecule has 0 saturated heterocycles. The third-order valence-corrected chi connectivity index (χ3v) is 4.50. The molecule has 0 unspecified atom stereocenters. The van der Waals surface area contributed by atoms with Crippen LogP contribution in [0.5, 0.6) is 5.75 Å². The predicted octanol–water partition coefficient (Wildman–Crippen LogP) is 3.82. The number of ether oxygens (including phenoxy) is 1. The van der Waals surface area contributed by atoms with E-state index in [1.54, 1.807) is 12.1 Å². The molecule has 0 aliphatic heterocycles. The Morgan fingerprint density at radius 2 is 1.73 bits per heavy atom. The van der Waals surface area contributed by atoms with Crippen LogP contribution in [0, 0.1) is 19.8 Å². The summed E-state index contributed by atoms with van der Waals surface area (Å²) in [6.07, 6.45) is 2.33. The Kier molecular flexibility index (Phi) is 5.26. The molecule has 2 aromatic carbocycles. The standard InChI is InChI=1S/C21H23NO4/c1-14-10-17(11-15(2)20(14)26-13-19(23)24)21(25)22(12-16-8-9-16)18-6-4-3-5-7-18/h3-7,10-11,16H,8-9,12-13H2,1-2H3,(H,23,24). The van der Waals surface area contributed by atoms with Crippen LogP contribution in [-0.4, -0.2) is 30.1 Å². The molecule has 0 radical (unpaired) electrons. The van der Waals surface area contributed by atoms with Crippen molar-refractivity contribution in [2.75, 3.05) is 18.1 Å². The lowest BCUT2D eigenvalue weighted by molar-refractivity contribution is -0.139. The summed E-state index contributed by atoms with van der Waals surface area (Å²) in [5.74, 6) is 0.0275. The second-order valence-corrected chi connectivity index (χ2v) is 6.82. The van der Waals surface area contributed by atoms with Crippen LogP contribution in [0.1, 0.15) is 34.3 Å². The first-order valence-electron chi connectivity index (χ1n) is 8.78. The van der Waals surface area contributed by atoms with E-state index >= 15 is 0 Å². The van der Waals surface area contributed by atoms with Crippen LogP contribution in [0.3, 0.4) is 0 Å². The number of benzene rings is 2. The summed E-state index contributed by atoms with van der Waals surface area (Å²) < 4.78 is 5.36. The quantitative estimate of drug-likeness (QED) is 0.822. The van der Waals surface area contributed by atoms with E-state index in [1.807, 2.05) is 49.1 Å². The Morgan fingerprint density at radius 1 is 1.12 bits per heavy atom. The van der Waals surface area contributed by atoms with Gasteiger partial charge in [-0.2, -0.15) is 0 Å². The molecule has 5 heteroatoms. The van der Waals surface area contributed by atoms with E-state index < -0.39 is 12.6 Å². The minimum absolute atomic E-state index is 0.0425. The number of nitrogens with zero attached hydrogens (tertiary/aromatic N) is 1. The summed E-state index contributed by atoms with van der Waals surface area (Å²) in [6, 6.07) is 13.2. The number of para-hydroxylation sites is 1. The van der Waals surface area contributed by atoms with Gasteiger partial charge in [-0.1, -0.05) is 18.2 Å². The van der Waals surface area contributed by atoms with Crippen molar-refractivity contribution in [3.63, 3.8) is 0 Å². The molecule has 136 valence electrons. The maximum atomic E-state index is 13.2. The highest BCUT2D eigenvalue weighted by Gasteiger charge is 2.28. The van der Waals surface area contributed by atoms with Gasteiger partial charge in [-0.25, -0.2) is 4.79 Å². The highest BCUT2D eigenvalue weighted by atomic mass is 16.5. The number of amides is 1. The smallest absolute Gasteiger partial charge is 0.341 e. The average Bonchev–Trinajstić information content (AvgIpc) is 3.43. The van der Waals surface area contributed by atoms with Crippen molar-refractivity contribution in [2.45, 2.75) is 26.7 Å². The number of aliphatic carboxylic acids is 1. The molecular weight excluding hydrogens is 330 g/mol. The third-order valence-electron chi connectivity index (χ3n) is 4.50. The first-order chi connectivity index (χ1) is 12.5. The van der Waals surface area contributed by atoms with Gasteiger partial charge in [0.05, 0.1) is 0 Å². The van der Waals surface area contributed by atoms with Gasteiger partial charge in [0, 0.05) is 17.8 Å². The van der Waals surface area contributed by atoms with E-state index in [1.165, 1.54) is 0 Å². The molecule has 5 nitrogen and oxygen atoms in total. The Labute approximate surface area is 153 Å². The van der Waals surface area contributed by atoms with Gasteiger partial charge in [-0.05, 0) is 68.0 Å². The maximum Gasteiger partial charge on any atom is 0.341 e. The van der Waals surface area contributed by atoms with Gasteiger partial charge in [0.15, 0.2) is 6.61 Å². The van der Waals surface area contributed by atoms with Crippen molar-refractivity contribution in [3.8, 4) is 5.75 Å². The molecule has 2 aromatic rings. The van der Waals surface area contributed by atoms with Crippen LogP contribution in [-0.2, 0) is 4.79 Å². The summed E-state index contributed by atoms with van der Waals surface area (Å²) >= 11 is 0. The molecular formula is C21H23NO4. The molecule has 1 amide bonds. The maximum absolute atomic E-state index is 13.2. The van der Waals surface area contributed by atoms with Crippen LogP contribution in [0.2, 0.25) is 0 Å². The highest BCUT2D eigenvalue weighted by Crippen LogP contribution is 2.33. The van der Waals surface area contributed by atoms with Gasteiger partial charge in [-0.15, -0.1) is 0 Å². The summed E-state index contributed by atoms with van der Waals surface area (Å²) in [5, 5.41) is 8.80. The molecule has 1 aliphatic rings. The van der Waals surface area contributed by atoms with E-state index in [-0.39, 0.29) is 5.91 Å². The van der Waals surface area contributed by atoms with E-state index in [0.29, 0.717) is 17.2 Å². The second-order valence-electron chi connectivity index (χ2n) is 6.82. The number of aryl methyl sites for hydroxylation is 2. The molecule has 1 aliphatic carbocycles. The van der Waals surface area contributed by atoms with E-state index in [2.05, 4.69) is 0 Å². The number of carboxylic acid groups (broad SMARTS) is 1. The fourth-order valence-corrected chi connectivity index (χ4v) is 3.06. The molecule has 3 rings (SSSR count). The molecule has 0 atom stereocenters. The second kappa shape index (κ2) is 7.60. The zero-order chi connectivity index (χ0) is 18.7. The summed E-state index contributed by atoms with van der Waals surface area (Å²) in [6.45, 7) is 3.98. The van der Waals surface area contributed by atoms with Gasteiger partial charge in [-0.3, -0.25) is 4.79 Å². The number of anilines is 1. The molecule has 0 bridgehead atoms. The van der Waals surface area contributed by atoms with Crippen molar-refractivity contribution in [1.82, 2.24) is 0 Å². The van der Waals surface area contributed by atoms with E-state index in [0.717, 1.165) is 36.2 Å². The monoisotopic (exact) mass is 353 g/mol. The molecule has 0 heterocycles. The number of carboxylic acids is 1. The topological polar surface area (TPSA) is 66.8 Å². The van der Waals surface area contributed by atoms with Crippen LogP contribution < -0.4 is 9.64 Å². The zero-order valence-electron chi connectivity index (χ0n) is 15.1. The first kappa shape index (κ1) is 18.0. The number of hydrogen-bond donors (Lipinski definition) is 1. The molecule has 0 spiro atoms. The largest absolute Gasteiger partial charge is 0.481 e. The lowest BCUT2D eigenvalue weighted by atomic mass is 10.0. The van der Waals surface area contributed by atoms with Gasteiger partial charge in [0.25, 0.3) is 5.91 Å². The zero-order valence-corrected chi connectivity index (χ0v) is 15.1. The van der Waals surface area contributed by atoms with Crippen LogP contribution in [0.25, 0.3) is 0 Å². The molecule has 0 aromatic heterocycles. The normalized spacial score (nSPS) is 13.3. The summed E-state index contributed by atoms with van der Waals surface area (Å²) in [7, 11) is 0. The Morgan fingerprint density at radius 3 is 2.27 bits per heavy atom. The minimum Gasteiger partial charge on any atom is -0.481 e. The first-order valence-corrected chi connectivity index (χ1v) is 8.78. The van der Waals surface area contributed by atoms with E-state index in [9.17, 15) is 9.59 Å². The molecule has 26 heavy (non-hydrogen) atoms.